The molecule has 0 bridgehead atoms. The molecule has 1 aromatic carbocycles. The monoisotopic (exact) mass is 220 g/mol. The number of ketones is 1. The van der Waals surface area contributed by atoms with Gasteiger partial charge in [0, 0.05) is 5.56 Å². The number of hydrogen-bond donors (Lipinski definition) is 0. The highest BCUT2D eigenvalue weighted by molar-refractivity contribution is 6.21. The van der Waals surface area contributed by atoms with Crippen molar-refractivity contribution in [3.05, 3.63) is 35.9 Å². The number of benzene rings is 1. The standard InChI is InChI=1S/C11H8O5/c12-9(7-4-2-1-3-5-7)8-10(13)15-6-16-11(8)14/h1-5,8H,6H2. The van der Waals surface area contributed by atoms with Crippen LogP contribution in [0.3, 0.4) is 0 Å². The van der Waals surface area contributed by atoms with Gasteiger partial charge in [-0.2, -0.15) is 0 Å². The Morgan fingerprint density at radius 1 is 1.06 bits per heavy atom. The van der Waals surface area contributed by atoms with Crippen LogP contribution in [0.25, 0.3) is 0 Å². The minimum absolute atomic E-state index is 0.281. The van der Waals surface area contributed by atoms with Crippen LogP contribution in [0.15, 0.2) is 30.3 Å². The number of ether oxygens (including phenoxy) is 2. The summed E-state index contributed by atoms with van der Waals surface area (Å²) in [4.78, 5) is 34.4. The molecule has 16 heavy (non-hydrogen) atoms. The van der Waals surface area contributed by atoms with Crippen LogP contribution >= 0.6 is 0 Å². The van der Waals surface area contributed by atoms with Crippen molar-refractivity contribution in [1.82, 2.24) is 0 Å². The van der Waals surface area contributed by atoms with Gasteiger partial charge < -0.3 is 9.47 Å². The summed E-state index contributed by atoms with van der Waals surface area (Å²) < 4.78 is 9.00. The van der Waals surface area contributed by atoms with Crippen LogP contribution in [-0.2, 0) is 19.1 Å². The first kappa shape index (κ1) is 10.4. The van der Waals surface area contributed by atoms with Crippen LogP contribution < -0.4 is 0 Å². The maximum absolute atomic E-state index is 11.8. The maximum Gasteiger partial charge on any atom is 0.331 e. The van der Waals surface area contributed by atoms with Gasteiger partial charge in [0.15, 0.2) is 5.78 Å². The smallest absolute Gasteiger partial charge is 0.331 e. The molecule has 0 atom stereocenters. The first-order valence-electron chi connectivity index (χ1n) is 4.62. The van der Waals surface area contributed by atoms with E-state index in [1.807, 2.05) is 0 Å². The van der Waals surface area contributed by atoms with E-state index in [0.29, 0.717) is 0 Å². The summed E-state index contributed by atoms with van der Waals surface area (Å²) in [5.41, 5.74) is 0.281. The molecular weight excluding hydrogens is 212 g/mol. The number of esters is 2. The van der Waals surface area contributed by atoms with E-state index in [0.717, 1.165) is 0 Å². The summed E-state index contributed by atoms with van der Waals surface area (Å²) in [6.45, 7) is -0.420. The zero-order chi connectivity index (χ0) is 11.5. The van der Waals surface area contributed by atoms with E-state index in [-0.39, 0.29) is 5.56 Å². The third kappa shape index (κ3) is 1.79. The van der Waals surface area contributed by atoms with Crippen LogP contribution in [0.5, 0.6) is 0 Å². The molecule has 0 N–H and O–H groups in total. The lowest BCUT2D eigenvalue weighted by atomic mass is 9.97. The molecule has 0 saturated carbocycles. The highest BCUT2D eigenvalue weighted by Crippen LogP contribution is 2.15. The van der Waals surface area contributed by atoms with Crippen LogP contribution in [0, 0.1) is 5.92 Å². The second-order valence-electron chi connectivity index (χ2n) is 3.21. The lowest BCUT2D eigenvalue weighted by Gasteiger charge is -2.18. The molecule has 5 heteroatoms. The van der Waals surface area contributed by atoms with Gasteiger partial charge in [-0.25, -0.2) is 0 Å². The van der Waals surface area contributed by atoms with Gasteiger partial charge in [-0.05, 0) is 0 Å². The number of cyclic esters (lactones) is 2. The molecule has 0 radical (unpaired) electrons. The van der Waals surface area contributed by atoms with Crippen LogP contribution in [0.2, 0.25) is 0 Å². The van der Waals surface area contributed by atoms with Crippen molar-refractivity contribution in [3.63, 3.8) is 0 Å². The molecule has 5 nitrogen and oxygen atoms in total. The fourth-order valence-corrected chi connectivity index (χ4v) is 1.39. The minimum atomic E-state index is -1.49. The third-order valence-corrected chi connectivity index (χ3v) is 2.19. The summed E-state index contributed by atoms with van der Waals surface area (Å²) in [6.07, 6.45) is 0. The van der Waals surface area contributed by atoms with Crippen LogP contribution in [-0.4, -0.2) is 24.5 Å². The van der Waals surface area contributed by atoms with E-state index >= 15 is 0 Å². The molecule has 0 aromatic heterocycles. The van der Waals surface area contributed by atoms with Gasteiger partial charge in [0.1, 0.15) is 0 Å². The summed E-state index contributed by atoms with van der Waals surface area (Å²) in [5, 5.41) is 0. The Balaban J connectivity index is 2.27. The molecule has 1 aliphatic rings. The lowest BCUT2D eigenvalue weighted by molar-refractivity contribution is -0.186. The summed E-state index contributed by atoms with van der Waals surface area (Å²) in [5.74, 6) is -3.80. The Labute approximate surface area is 91.0 Å². The molecule has 0 aliphatic carbocycles. The largest absolute Gasteiger partial charge is 0.427 e. The molecule has 0 unspecified atom stereocenters. The first-order chi connectivity index (χ1) is 7.70. The normalized spacial score (nSPS) is 16.5. The van der Waals surface area contributed by atoms with E-state index in [1.165, 1.54) is 12.1 Å². The molecule has 0 spiro atoms. The van der Waals surface area contributed by atoms with Gasteiger partial charge in [0.05, 0.1) is 0 Å². The summed E-state index contributed by atoms with van der Waals surface area (Å²) in [7, 11) is 0. The van der Waals surface area contributed by atoms with E-state index in [4.69, 9.17) is 0 Å². The number of carbonyl (C=O) groups excluding carboxylic acids is 3. The Kier molecular flexibility index (Phi) is 2.68. The van der Waals surface area contributed by atoms with E-state index in [2.05, 4.69) is 9.47 Å². The van der Waals surface area contributed by atoms with Crippen molar-refractivity contribution in [2.75, 3.05) is 6.79 Å². The number of Topliss-reactive ketones (excluding diaryl/α,β-unsaturated/α-hetero) is 1. The quantitative estimate of drug-likeness (QED) is 0.413. The second-order valence-corrected chi connectivity index (χ2v) is 3.21. The van der Waals surface area contributed by atoms with Gasteiger partial charge in [0.2, 0.25) is 12.7 Å². The Hall–Kier alpha value is -2.17. The van der Waals surface area contributed by atoms with Gasteiger partial charge >= 0.3 is 11.9 Å². The molecular formula is C11H8O5. The fourth-order valence-electron chi connectivity index (χ4n) is 1.39. The minimum Gasteiger partial charge on any atom is -0.427 e. The van der Waals surface area contributed by atoms with Crippen molar-refractivity contribution in [1.29, 1.82) is 0 Å². The highest BCUT2D eigenvalue weighted by Gasteiger charge is 2.40. The topological polar surface area (TPSA) is 69.7 Å². The van der Waals surface area contributed by atoms with Gasteiger partial charge in [-0.15, -0.1) is 0 Å². The number of rotatable bonds is 2. The van der Waals surface area contributed by atoms with E-state index in [9.17, 15) is 14.4 Å². The van der Waals surface area contributed by atoms with Crippen LogP contribution in [0.4, 0.5) is 0 Å². The second kappa shape index (κ2) is 4.14. The predicted octanol–water partition coefficient (Wildman–Crippen LogP) is 0.543. The lowest BCUT2D eigenvalue weighted by Crippen LogP contribution is -2.39. The summed E-state index contributed by atoms with van der Waals surface area (Å²) >= 11 is 0. The zero-order valence-electron chi connectivity index (χ0n) is 8.21. The SMILES string of the molecule is O=C1OCOC(=O)C1C(=O)c1ccccc1. The Morgan fingerprint density at radius 3 is 2.19 bits per heavy atom. The van der Waals surface area contributed by atoms with E-state index in [1.54, 1.807) is 18.2 Å². The fraction of sp³-hybridized carbons (Fsp3) is 0.182. The number of hydrogen-bond acceptors (Lipinski definition) is 5. The van der Waals surface area contributed by atoms with Crippen molar-refractivity contribution in [2.24, 2.45) is 5.92 Å². The molecule has 1 aromatic rings. The average Bonchev–Trinajstić information content (AvgIpc) is 2.30. The van der Waals surface area contributed by atoms with Gasteiger partial charge in [0.25, 0.3) is 0 Å². The van der Waals surface area contributed by atoms with Crippen molar-refractivity contribution >= 4 is 17.7 Å². The Bertz CT molecular complexity index is 421. The molecule has 82 valence electrons. The highest BCUT2D eigenvalue weighted by atomic mass is 16.7. The number of carbonyl (C=O) groups is 3. The molecule has 0 amide bonds. The molecule has 1 saturated heterocycles. The van der Waals surface area contributed by atoms with Crippen molar-refractivity contribution < 1.29 is 23.9 Å². The molecule has 1 heterocycles. The predicted molar refractivity (Wildman–Crippen MR) is 51.3 cm³/mol. The zero-order valence-corrected chi connectivity index (χ0v) is 8.21. The molecule has 1 fully saturated rings. The van der Waals surface area contributed by atoms with E-state index < -0.39 is 30.4 Å². The Morgan fingerprint density at radius 2 is 1.62 bits per heavy atom. The third-order valence-electron chi connectivity index (χ3n) is 2.19. The molecule has 2 rings (SSSR count). The van der Waals surface area contributed by atoms with Gasteiger partial charge in [-0.1, -0.05) is 30.3 Å². The average molecular weight is 220 g/mol. The first-order valence-corrected chi connectivity index (χ1v) is 4.62. The van der Waals surface area contributed by atoms with Crippen molar-refractivity contribution in [3.8, 4) is 0 Å². The van der Waals surface area contributed by atoms with Crippen LogP contribution in [0.1, 0.15) is 10.4 Å². The maximum atomic E-state index is 11.8. The van der Waals surface area contributed by atoms with Gasteiger partial charge in [-0.3, -0.25) is 14.4 Å². The summed E-state index contributed by atoms with van der Waals surface area (Å²) in [6, 6.07) is 8.07. The van der Waals surface area contributed by atoms with Crippen molar-refractivity contribution in [2.45, 2.75) is 0 Å². The molecule has 1 aliphatic heterocycles.